The van der Waals surface area contributed by atoms with Crippen LogP contribution in [0.4, 0.5) is 11.4 Å². The molecule has 0 spiro atoms. The van der Waals surface area contributed by atoms with Crippen LogP contribution in [0.5, 0.6) is 0 Å². The van der Waals surface area contributed by atoms with Crippen molar-refractivity contribution >= 4 is 17.3 Å². The van der Waals surface area contributed by atoms with Gasteiger partial charge in [-0.2, -0.15) is 0 Å². The molecule has 2 aliphatic rings. The summed E-state index contributed by atoms with van der Waals surface area (Å²) in [5.74, 6) is -0.271. The molecule has 33 heavy (non-hydrogen) atoms. The second kappa shape index (κ2) is 10.8. The van der Waals surface area contributed by atoms with Crippen LogP contribution >= 0.6 is 0 Å². The van der Waals surface area contributed by atoms with E-state index >= 15 is 0 Å². The van der Waals surface area contributed by atoms with E-state index in [0.29, 0.717) is 12.1 Å². The largest absolute Gasteiger partial charge is 0.371 e. The molecule has 0 aromatic heterocycles. The van der Waals surface area contributed by atoms with Gasteiger partial charge in [0.05, 0.1) is 16.2 Å². The first-order valence-electron chi connectivity index (χ1n) is 11.9. The van der Waals surface area contributed by atoms with E-state index in [9.17, 15) is 14.9 Å². The maximum absolute atomic E-state index is 13.2. The molecule has 1 amide bonds. The molecule has 2 aromatic carbocycles. The third-order valence-electron chi connectivity index (χ3n) is 6.75. The monoisotopic (exact) mass is 451 g/mol. The van der Waals surface area contributed by atoms with E-state index in [1.54, 1.807) is 6.07 Å². The number of non-ortho nitro benzene ring substituents is 1. The van der Waals surface area contributed by atoms with Crippen LogP contribution in [-0.2, 0) is 13.1 Å². The lowest BCUT2D eigenvalue weighted by Crippen LogP contribution is -2.45. The predicted octanol–water partition coefficient (Wildman–Crippen LogP) is 3.26. The van der Waals surface area contributed by atoms with Crippen LogP contribution < -0.4 is 10.2 Å². The topological polar surface area (TPSA) is 82.0 Å². The Labute approximate surface area is 195 Å². The first kappa shape index (κ1) is 23.2. The smallest absolute Gasteiger partial charge is 0.270 e. The highest BCUT2D eigenvalue weighted by Gasteiger charge is 2.23. The minimum atomic E-state index is -0.446. The van der Waals surface area contributed by atoms with Crippen molar-refractivity contribution in [3.05, 3.63) is 69.3 Å². The first-order valence-corrected chi connectivity index (χ1v) is 11.9. The van der Waals surface area contributed by atoms with Gasteiger partial charge in [0.15, 0.2) is 0 Å². The third-order valence-corrected chi connectivity index (χ3v) is 6.75. The minimum absolute atomic E-state index is 0.0604. The van der Waals surface area contributed by atoms with Crippen molar-refractivity contribution in [1.82, 2.24) is 15.1 Å². The van der Waals surface area contributed by atoms with Crippen LogP contribution in [-0.4, -0.2) is 66.4 Å². The Morgan fingerprint density at radius 2 is 1.64 bits per heavy atom. The summed E-state index contributed by atoms with van der Waals surface area (Å²) in [5, 5.41) is 14.3. The maximum Gasteiger partial charge on any atom is 0.270 e. The van der Waals surface area contributed by atoms with Gasteiger partial charge in [-0.15, -0.1) is 0 Å². The molecular weight excluding hydrogens is 418 g/mol. The molecule has 0 bridgehead atoms. The molecule has 0 saturated carbocycles. The molecule has 0 atom stereocenters. The summed E-state index contributed by atoms with van der Waals surface area (Å²) in [7, 11) is 0. The highest BCUT2D eigenvalue weighted by molar-refractivity contribution is 6.00. The molecule has 1 N–H and O–H groups in total. The lowest BCUT2D eigenvalue weighted by molar-refractivity contribution is -0.384. The number of likely N-dealkylation sites (N-methyl/N-ethyl adjacent to an activating group) is 1. The van der Waals surface area contributed by atoms with Crippen LogP contribution in [0.15, 0.2) is 42.5 Å². The van der Waals surface area contributed by atoms with E-state index < -0.39 is 4.92 Å². The van der Waals surface area contributed by atoms with Crippen molar-refractivity contribution in [1.29, 1.82) is 0 Å². The van der Waals surface area contributed by atoms with Crippen LogP contribution in [0.3, 0.4) is 0 Å². The van der Waals surface area contributed by atoms with E-state index in [4.69, 9.17) is 0 Å². The Kier molecular flexibility index (Phi) is 7.57. The fourth-order valence-electron chi connectivity index (χ4n) is 4.71. The number of amides is 1. The summed E-state index contributed by atoms with van der Waals surface area (Å²) in [4.78, 5) is 31.1. The van der Waals surface area contributed by atoms with Crippen molar-refractivity contribution in [2.24, 2.45) is 0 Å². The summed E-state index contributed by atoms with van der Waals surface area (Å²) in [5.41, 5.74) is 3.38. The molecule has 2 aliphatic heterocycles. The number of hydrogen-bond donors (Lipinski definition) is 1. The normalized spacial score (nSPS) is 17.3. The Balaban J connectivity index is 1.46. The lowest BCUT2D eigenvalue weighted by atomic mass is 10.1. The number of nitro benzene ring substituents is 1. The van der Waals surface area contributed by atoms with Crippen LogP contribution in [0.2, 0.25) is 0 Å². The number of hydrogen-bond acceptors (Lipinski definition) is 6. The average Bonchev–Trinajstić information content (AvgIpc) is 3.38. The molecule has 2 fully saturated rings. The Hall–Kier alpha value is -2.97. The second-order valence-corrected chi connectivity index (χ2v) is 8.81. The quantitative estimate of drug-likeness (QED) is 0.490. The lowest BCUT2D eigenvalue weighted by Gasteiger charge is -2.34. The number of benzene rings is 2. The predicted molar refractivity (Wildman–Crippen MR) is 130 cm³/mol. The Morgan fingerprint density at radius 3 is 2.30 bits per heavy atom. The number of carbonyl (C=O) groups excluding carboxylic acids is 1. The molecule has 8 heteroatoms. The van der Waals surface area contributed by atoms with E-state index in [0.717, 1.165) is 76.5 Å². The highest BCUT2D eigenvalue weighted by Crippen LogP contribution is 2.28. The molecule has 176 valence electrons. The summed E-state index contributed by atoms with van der Waals surface area (Å²) in [6.07, 6.45) is 2.13. The van der Waals surface area contributed by atoms with Gasteiger partial charge in [-0.1, -0.05) is 31.2 Å². The van der Waals surface area contributed by atoms with E-state index in [-0.39, 0.29) is 11.6 Å². The van der Waals surface area contributed by atoms with E-state index in [1.165, 1.54) is 17.7 Å². The van der Waals surface area contributed by atoms with Crippen LogP contribution in [0.25, 0.3) is 0 Å². The number of nitrogens with zero attached hydrogens (tertiary/aromatic N) is 4. The van der Waals surface area contributed by atoms with Gasteiger partial charge in [0.1, 0.15) is 0 Å². The SMILES string of the molecule is CCN1CCN(Cc2ccccc2CNC(=O)c2cc([N+](=O)[O-])ccc2N2CCCC2)CC1. The fraction of sp³-hybridized carbons (Fsp3) is 0.480. The highest BCUT2D eigenvalue weighted by atomic mass is 16.6. The van der Waals surface area contributed by atoms with Crippen molar-refractivity contribution in [2.75, 3.05) is 50.7 Å². The van der Waals surface area contributed by atoms with Crippen molar-refractivity contribution < 1.29 is 9.72 Å². The standard InChI is InChI=1S/C25H33N5O3/c1-2-27-13-15-28(16-14-27)19-21-8-4-3-7-20(21)18-26-25(31)23-17-22(30(32)33)9-10-24(23)29-11-5-6-12-29/h3-4,7-10,17H,2,5-6,11-16,18-19H2,1H3,(H,26,31). The number of anilines is 1. The molecular formula is C25H33N5O3. The first-order chi connectivity index (χ1) is 16.0. The van der Waals surface area contributed by atoms with Crippen molar-refractivity contribution in [3.8, 4) is 0 Å². The van der Waals surface area contributed by atoms with Crippen LogP contribution in [0, 0.1) is 10.1 Å². The van der Waals surface area contributed by atoms with Gasteiger partial charge >= 0.3 is 0 Å². The van der Waals surface area contributed by atoms with Gasteiger partial charge in [0.2, 0.25) is 0 Å². The molecule has 0 unspecified atom stereocenters. The number of carbonyl (C=O) groups is 1. The minimum Gasteiger partial charge on any atom is -0.371 e. The molecule has 0 aliphatic carbocycles. The zero-order valence-corrected chi connectivity index (χ0v) is 19.3. The van der Waals surface area contributed by atoms with Gasteiger partial charge in [-0.05, 0) is 36.6 Å². The number of piperazine rings is 1. The Bertz CT molecular complexity index is 982. The van der Waals surface area contributed by atoms with Gasteiger partial charge in [0, 0.05) is 64.5 Å². The number of nitrogens with one attached hydrogen (secondary N) is 1. The molecule has 2 aromatic rings. The fourth-order valence-corrected chi connectivity index (χ4v) is 4.71. The number of nitro groups is 1. The zero-order valence-electron chi connectivity index (χ0n) is 19.3. The second-order valence-electron chi connectivity index (χ2n) is 8.81. The molecule has 2 saturated heterocycles. The molecule has 8 nitrogen and oxygen atoms in total. The van der Waals surface area contributed by atoms with Crippen molar-refractivity contribution in [2.45, 2.75) is 32.9 Å². The van der Waals surface area contributed by atoms with Gasteiger partial charge in [-0.3, -0.25) is 19.8 Å². The van der Waals surface area contributed by atoms with E-state index in [2.05, 4.69) is 33.0 Å². The maximum atomic E-state index is 13.2. The molecule has 2 heterocycles. The third kappa shape index (κ3) is 5.69. The Morgan fingerprint density at radius 1 is 0.970 bits per heavy atom. The van der Waals surface area contributed by atoms with Gasteiger partial charge in [0.25, 0.3) is 11.6 Å². The average molecular weight is 452 g/mol. The molecule has 0 radical (unpaired) electrons. The van der Waals surface area contributed by atoms with Crippen molar-refractivity contribution in [3.63, 3.8) is 0 Å². The number of rotatable bonds is 8. The van der Waals surface area contributed by atoms with Gasteiger partial charge < -0.3 is 15.1 Å². The summed E-state index contributed by atoms with van der Waals surface area (Å²) in [6.45, 7) is 10.5. The molecule has 4 rings (SSSR count). The van der Waals surface area contributed by atoms with E-state index in [1.807, 2.05) is 18.2 Å². The van der Waals surface area contributed by atoms with Gasteiger partial charge in [-0.25, -0.2) is 0 Å². The van der Waals surface area contributed by atoms with Crippen LogP contribution in [0.1, 0.15) is 41.3 Å². The summed E-state index contributed by atoms with van der Waals surface area (Å²) < 4.78 is 0. The summed E-state index contributed by atoms with van der Waals surface area (Å²) in [6, 6.07) is 12.8. The summed E-state index contributed by atoms with van der Waals surface area (Å²) >= 11 is 0. The zero-order chi connectivity index (χ0) is 23.2.